The Balaban J connectivity index is 0.00000341. The van der Waals surface area contributed by atoms with E-state index in [2.05, 4.69) is 46.4 Å². The van der Waals surface area contributed by atoms with E-state index in [-0.39, 0.29) is 11.6 Å². The van der Waals surface area contributed by atoms with Crippen LogP contribution in [-0.4, -0.2) is 39.1 Å². The summed E-state index contributed by atoms with van der Waals surface area (Å²) in [4.78, 5) is 0. The predicted octanol–water partition coefficient (Wildman–Crippen LogP) is 4.74. The van der Waals surface area contributed by atoms with Crippen LogP contribution in [0, 0.1) is 29.1 Å². The molecule has 3 fully saturated rings. The number of allylic oxidation sites excluding steroid dienone is 3. The predicted molar refractivity (Wildman–Crippen MR) is 128 cm³/mol. The van der Waals surface area contributed by atoms with E-state index in [4.69, 9.17) is 0 Å². The highest BCUT2D eigenvalue weighted by molar-refractivity contribution is 5.38. The van der Waals surface area contributed by atoms with Gasteiger partial charge in [0, 0.05) is 6.42 Å². The molecular formula is C27H46O4. The molecule has 7 atom stereocenters. The molecule has 0 aliphatic heterocycles. The second-order valence-electron chi connectivity index (χ2n) is 11.0. The van der Waals surface area contributed by atoms with Crippen molar-refractivity contribution in [3.8, 4) is 0 Å². The molecule has 0 radical (unpaired) electrons. The normalized spacial score (nSPS) is 38.3. The van der Waals surface area contributed by atoms with Crippen LogP contribution in [0.15, 0.2) is 35.5 Å². The molecule has 3 saturated carbocycles. The first-order valence-corrected chi connectivity index (χ1v) is 12.3. The van der Waals surface area contributed by atoms with Crippen molar-refractivity contribution in [2.45, 2.75) is 104 Å². The van der Waals surface area contributed by atoms with Gasteiger partial charge in [-0.2, -0.15) is 0 Å². The Bertz CT molecular complexity index is 679. The highest BCUT2D eigenvalue weighted by atomic mass is 16.3. The first-order valence-electron chi connectivity index (χ1n) is 12.3. The molecule has 178 valence electrons. The smallest absolute Gasteiger partial charge is 0.0811 e. The fourth-order valence-corrected chi connectivity index (χ4v) is 6.65. The Kier molecular flexibility index (Phi) is 9.15. The molecule has 3 rings (SSSR count). The lowest BCUT2D eigenvalue weighted by atomic mass is 9.60. The third-order valence-corrected chi connectivity index (χ3v) is 8.68. The number of hydrogen-bond donors (Lipinski definition) is 3. The second-order valence-corrected chi connectivity index (χ2v) is 11.0. The lowest BCUT2D eigenvalue weighted by Crippen LogP contribution is -2.36. The van der Waals surface area contributed by atoms with Gasteiger partial charge in [-0.3, -0.25) is 0 Å². The lowest BCUT2D eigenvalue weighted by molar-refractivity contribution is 0.0717. The van der Waals surface area contributed by atoms with Crippen LogP contribution in [0.3, 0.4) is 0 Å². The van der Waals surface area contributed by atoms with Gasteiger partial charge in [0.05, 0.1) is 18.3 Å². The van der Waals surface area contributed by atoms with E-state index in [1.165, 1.54) is 25.7 Å². The minimum absolute atomic E-state index is 0. The van der Waals surface area contributed by atoms with Gasteiger partial charge in [0.1, 0.15) is 0 Å². The summed E-state index contributed by atoms with van der Waals surface area (Å²) in [6, 6.07) is 0. The maximum atomic E-state index is 10.3. The van der Waals surface area contributed by atoms with Crippen LogP contribution < -0.4 is 0 Å². The van der Waals surface area contributed by atoms with Gasteiger partial charge in [-0.1, -0.05) is 52.0 Å². The summed E-state index contributed by atoms with van der Waals surface area (Å²) in [5, 5.41) is 30.4. The summed E-state index contributed by atoms with van der Waals surface area (Å²) in [7, 11) is 0. The molecule has 0 heterocycles. The zero-order valence-corrected chi connectivity index (χ0v) is 20.1. The Morgan fingerprint density at radius 3 is 2.52 bits per heavy atom. The molecule has 0 aromatic rings. The van der Waals surface area contributed by atoms with Gasteiger partial charge >= 0.3 is 0 Å². The van der Waals surface area contributed by atoms with Crippen molar-refractivity contribution in [1.29, 1.82) is 0 Å². The van der Waals surface area contributed by atoms with E-state index in [0.29, 0.717) is 36.0 Å². The highest BCUT2D eigenvalue weighted by Crippen LogP contribution is 2.60. The van der Waals surface area contributed by atoms with E-state index in [1.54, 1.807) is 5.57 Å². The van der Waals surface area contributed by atoms with Gasteiger partial charge in [0.15, 0.2) is 0 Å². The third-order valence-electron chi connectivity index (χ3n) is 8.68. The summed E-state index contributed by atoms with van der Waals surface area (Å²) < 4.78 is 0. The molecule has 0 amide bonds. The SMILES string of the molecule is C=C1/C(=C/C=C2/CCC[C@]3(C)[C@@H]([C@H](C)CC[C@@H](O)C(C)C)CC[C@@H]23)C[C@@H](O)C[C@@H]1O.O. The Hall–Kier alpha value is -0.940. The lowest BCUT2D eigenvalue weighted by Gasteiger charge is -2.44. The highest BCUT2D eigenvalue weighted by Gasteiger charge is 2.50. The first-order chi connectivity index (χ1) is 14.1. The van der Waals surface area contributed by atoms with Crippen LogP contribution in [0.25, 0.3) is 0 Å². The van der Waals surface area contributed by atoms with Crippen LogP contribution in [0.1, 0.15) is 85.5 Å². The van der Waals surface area contributed by atoms with Gasteiger partial charge < -0.3 is 20.8 Å². The Morgan fingerprint density at radius 1 is 1.13 bits per heavy atom. The number of fused-ring (bicyclic) bond motifs is 1. The Labute approximate surface area is 189 Å². The van der Waals surface area contributed by atoms with Crippen LogP contribution in [0.5, 0.6) is 0 Å². The number of rotatable bonds is 6. The topological polar surface area (TPSA) is 92.2 Å². The molecule has 0 bridgehead atoms. The summed E-state index contributed by atoms with van der Waals surface area (Å²) in [5.74, 6) is 2.35. The maximum absolute atomic E-state index is 10.3. The monoisotopic (exact) mass is 434 g/mol. The minimum Gasteiger partial charge on any atom is -0.412 e. The first kappa shape index (κ1) is 26.3. The van der Waals surface area contributed by atoms with Crippen molar-refractivity contribution in [1.82, 2.24) is 0 Å². The zero-order valence-electron chi connectivity index (χ0n) is 20.1. The van der Waals surface area contributed by atoms with Crippen molar-refractivity contribution in [3.05, 3.63) is 35.5 Å². The van der Waals surface area contributed by atoms with Gasteiger partial charge in [0.25, 0.3) is 0 Å². The van der Waals surface area contributed by atoms with Gasteiger partial charge in [-0.05, 0) is 91.6 Å². The summed E-state index contributed by atoms with van der Waals surface area (Å²) >= 11 is 0. The zero-order chi connectivity index (χ0) is 22.1. The van der Waals surface area contributed by atoms with Crippen LogP contribution in [0.4, 0.5) is 0 Å². The van der Waals surface area contributed by atoms with Crippen molar-refractivity contribution < 1.29 is 20.8 Å². The number of aliphatic hydroxyl groups is 3. The molecule has 3 aliphatic carbocycles. The van der Waals surface area contributed by atoms with Crippen molar-refractivity contribution in [2.75, 3.05) is 0 Å². The molecule has 0 spiro atoms. The summed E-state index contributed by atoms with van der Waals surface area (Å²) in [5.41, 5.74) is 3.69. The van der Waals surface area contributed by atoms with Crippen molar-refractivity contribution >= 4 is 0 Å². The molecule has 0 unspecified atom stereocenters. The quantitative estimate of drug-likeness (QED) is 0.564. The molecule has 0 saturated heterocycles. The molecule has 0 aromatic carbocycles. The summed E-state index contributed by atoms with van der Waals surface area (Å²) in [6.07, 6.45) is 12.4. The second kappa shape index (κ2) is 10.8. The molecule has 3 aliphatic rings. The van der Waals surface area contributed by atoms with Gasteiger partial charge in [-0.25, -0.2) is 0 Å². The van der Waals surface area contributed by atoms with Gasteiger partial charge in [0.2, 0.25) is 0 Å². The van der Waals surface area contributed by atoms with Gasteiger partial charge in [-0.15, -0.1) is 0 Å². The van der Waals surface area contributed by atoms with Crippen molar-refractivity contribution in [2.24, 2.45) is 29.1 Å². The van der Waals surface area contributed by atoms with E-state index >= 15 is 0 Å². The van der Waals surface area contributed by atoms with Crippen LogP contribution >= 0.6 is 0 Å². The largest absolute Gasteiger partial charge is 0.412 e. The van der Waals surface area contributed by atoms with Crippen molar-refractivity contribution in [3.63, 3.8) is 0 Å². The maximum Gasteiger partial charge on any atom is 0.0811 e. The van der Waals surface area contributed by atoms with Crippen LogP contribution in [0.2, 0.25) is 0 Å². The molecule has 4 nitrogen and oxygen atoms in total. The molecule has 0 aromatic heterocycles. The fraction of sp³-hybridized carbons (Fsp3) is 0.778. The van der Waals surface area contributed by atoms with E-state index < -0.39 is 12.2 Å². The Morgan fingerprint density at radius 2 is 1.84 bits per heavy atom. The fourth-order valence-electron chi connectivity index (χ4n) is 6.65. The average Bonchev–Trinajstić information content (AvgIpc) is 3.04. The molecular weight excluding hydrogens is 388 g/mol. The number of hydrogen-bond acceptors (Lipinski definition) is 3. The van der Waals surface area contributed by atoms with E-state index in [9.17, 15) is 15.3 Å². The third kappa shape index (κ3) is 5.71. The van der Waals surface area contributed by atoms with E-state index in [1.807, 2.05) is 0 Å². The van der Waals surface area contributed by atoms with Crippen LogP contribution in [-0.2, 0) is 0 Å². The summed E-state index contributed by atoms with van der Waals surface area (Å²) in [6.45, 7) is 13.2. The molecule has 4 heteroatoms. The average molecular weight is 435 g/mol. The number of aliphatic hydroxyl groups excluding tert-OH is 3. The standard InChI is InChI=1S/C27H44O3.H2O/c1-17(2)25(29)13-8-18(3)23-11-12-24-20(7-6-14-27(23,24)5)9-10-21-15-22(28)16-26(30)19(21)4;/h9-10,17-18,22-26,28-30H,4,6-8,11-16H2,1-3,5H3;1H2/b20-9-,21-10+;/t18-,22-,23-,24+,25-,26+,27-;/m1./s1. The minimum atomic E-state index is -0.618. The molecule has 31 heavy (non-hydrogen) atoms. The van der Waals surface area contributed by atoms with E-state index in [0.717, 1.165) is 36.3 Å². The molecule has 5 N–H and O–H groups in total.